The van der Waals surface area contributed by atoms with E-state index in [0.29, 0.717) is 5.13 Å². The minimum absolute atomic E-state index is 0.101. The largest absolute Gasteiger partial charge is 0.376 e. The number of aryl methyl sites for hydroxylation is 2. The maximum atomic E-state index is 12.2. The van der Waals surface area contributed by atoms with Crippen molar-refractivity contribution in [3.05, 3.63) is 74.7 Å². The fourth-order valence-corrected chi connectivity index (χ4v) is 4.03. The van der Waals surface area contributed by atoms with Crippen LogP contribution in [0.15, 0.2) is 53.1 Å². The van der Waals surface area contributed by atoms with Crippen LogP contribution in [-0.2, 0) is 11.2 Å². The highest BCUT2D eigenvalue weighted by molar-refractivity contribution is 9.10. The van der Waals surface area contributed by atoms with Gasteiger partial charge in [-0.1, -0.05) is 46.3 Å². The van der Waals surface area contributed by atoms with Crippen molar-refractivity contribution in [2.24, 2.45) is 0 Å². The number of benzene rings is 2. The molecular formula is C20H20BrN3OS. The zero-order valence-electron chi connectivity index (χ0n) is 14.7. The normalized spacial score (nSPS) is 10.6. The summed E-state index contributed by atoms with van der Waals surface area (Å²) in [5, 5.41) is 6.71. The summed E-state index contributed by atoms with van der Waals surface area (Å²) >= 11 is 4.99. The molecule has 0 spiro atoms. The molecule has 0 atom stereocenters. The monoisotopic (exact) mass is 429 g/mol. The molecule has 0 fully saturated rings. The van der Waals surface area contributed by atoms with Crippen molar-refractivity contribution in [3.8, 4) is 0 Å². The Morgan fingerprint density at radius 2 is 1.88 bits per heavy atom. The summed E-state index contributed by atoms with van der Waals surface area (Å²) in [6, 6.07) is 14.3. The average Bonchev–Trinajstić information content (AvgIpc) is 3.01. The molecule has 0 saturated carbocycles. The maximum Gasteiger partial charge on any atom is 0.245 e. The summed E-state index contributed by atoms with van der Waals surface area (Å²) in [4.78, 5) is 17.6. The maximum absolute atomic E-state index is 12.2. The van der Waals surface area contributed by atoms with Crippen LogP contribution in [0.5, 0.6) is 0 Å². The van der Waals surface area contributed by atoms with Gasteiger partial charge in [0.2, 0.25) is 5.91 Å². The highest BCUT2D eigenvalue weighted by atomic mass is 79.9. The lowest BCUT2D eigenvalue weighted by Gasteiger charge is -2.11. The van der Waals surface area contributed by atoms with Crippen molar-refractivity contribution in [2.75, 3.05) is 17.2 Å². The Balaban J connectivity index is 1.56. The number of hydrogen-bond acceptors (Lipinski definition) is 4. The molecule has 0 aliphatic rings. The van der Waals surface area contributed by atoms with Gasteiger partial charge in [0, 0.05) is 27.7 Å². The van der Waals surface area contributed by atoms with Gasteiger partial charge >= 0.3 is 0 Å². The number of hydrogen-bond donors (Lipinski definition) is 2. The van der Waals surface area contributed by atoms with Crippen LogP contribution in [0.4, 0.5) is 10.8 Å². The number of rotatable bonds is 6. The molecule has 0 aliphatic heterocycles. The van der Waals surface area contributed by atoms with Gasteiger partial charge in [0.1, 0.15) is 0 Å². The molecular weight excluding hydrogens is 410 g/mol. The molecule has 2 aromatic carbocycles. The zero-order chi connectivity index (χ0) is 18.5. The average molecular weight is 430 g/mol. The summed E-state index contributed by atoms with van der Waals surface area (Å²) < 4.78 is 1.06. The minimum Gasteiger partial charge on any atom is -0.376 e. The van der Waals surface area contributed by atoms with Gasteiger partial charge in [-0.3, -0.25) is 4.79 Å². The van der Waals surface area contributed by atoms with E-state index in [1.807, 2.05) is 50.4 Å². The fraction of sp³-hybridized carbons (Fsp3) is 0.200. The van der Waals surface area contributed by atoms with E-state index in [0.717, 1.165) is 32.6 Å². The van der Waals surface area contributed by atoms with E-state index in [1.54, 1.807) is 0 Å². The van der Waals surface area contributed by atoms with Crippen LogP contribution in [0.2, 0.25) is 0 Å². The molecule has 3 rings (SSSR count). The van der Waals surface area contributed by atoms with Crippen molar-refractivity contribution in [3.63, 3.8) is 0 Å². The quantitative estimate of drug-likeness (QED) is 0.568. The Morgan fingerprint density at radius 3 is 2.62 bits per heavy atom. The van der Waals surface area contributed by atoms with E-state index in [9.17, 15) is 4.79 Å². The molecule has 26 heavy (non-hydrogen) atoms. The first kappa shape index (κ1) is 18.6. The van der Waals surface area contributed by atoms with Gasteiger partial charge in [0.15, 0.2) is 5.13 Å². The Hall–Kier alpha value is -2.18. The number of nitrogens with one attached hydrogen (secondary N) is 2. The number of aromatic nitrogens is 1. The fourth-order valence-electron chi connectivity index (χ4n) is 2.72. The van der Waals surface area contributed by atoms with Crippen molar-refractivity contribution in [2.45, 2.75) is 20.3 Å². The van der Waals surface area contributed by atoms with Gasteiger partial charge in [-0.05, 0) is 42.7 Å². The van der Waals surface area contributed by atoms with Crippen LogP contribution in [0.3, 0.4) is 0 Å². The summed E-state index contributed by atoms with van der Waals surface area (Å²) in [6.07, 6.45) is 2.62. The highest BCUT2D eigenvalue weighted by Crippen LogP contribution is 2.23. The molecule has 2 N–H and O–H groups in total. The number of carbonyl (C=O) groups is 1. The van der Waals surface area contributed by atoms with Crippen LogP contribution < -0.4 is 10.6 Å². The van der Waals surface area contributed by atoms with Gasteiger partial charge in [-0.2, -0.15) is 0 Å². The van der Waals surface area contributed by atoms with Crippen LogP contribution in [-0.4, -0.2) is 17.4 Å². The summed E-state index contributed by atoms with van der Waals surface area (Å²) in [6.45, 7) is 4.27. The van der Waals surface area contributed by atoms with Gasteiger partial charge in [0.25, 0.3) is 0 Å². The van der Waals surface area contributed by atoms with Gasteiger partial charge in [0.05, 0.1) is 6.54 Å². The molecule has 1 heterocycles. The molecule has 6 heteroatoms. The number of carbonyl (C=O) groups excluding carboxylic acids is 1. The molecule has 4 nitrogen and oxygen atoms in total. The molecule has 0 aliphatic carbocycles. The SMILES string of the molecule is Cc1cccc(C)c1NCC(=O)Nc1ncc(Cc2cccc(Br)c2)s1. The van der Waals surface area contributed by atoms with Crippen molar-refractivity contribution in [1.29, 1.82) is 0 Å². The molecule has 3 aromatic rings. The highest BCUT2D eigenvalue weighted by Gasteiger charge is 2.09. The number of anilines is 2. The van der Waals surface area contributed by atoms with Crippen LogP contribution >= 0.6 is 27.3 Å². The predicted octanol–water partition coefficient (Wildman–Crippen LogP) is 5.16. The number of amides is 1. The van der Waals surface area contributed by atoms with Crippen LogP contribution in [0, 0.1) is 13.8 Å². The van der Waals surface area contributed by atoms with Crippen LogP contribution in [0.1, 0.15) is 21.6 Å². The van der Waals surface area contributed by atoms with E-state index >= 15 is 0 Å². The molecule has 0 radical (unpaired) electrons. The van der Waals surface area contributed by atoms with Crippen molar-refractivity contribution in [1.82, 2.24) is 4.98 Å². The number of halogens is 1. The minimum atomic E-state index is -0.101. The second kappa shape index (κ2) is 8.47. The zero-order valence-corrected chi connectivity index (χ0v) is 17.1. The van der Waals surface area contributed by atoms with Crippen molar-refractivity contribution >= 4 is 44.0 Å². The van der Waals surface area contributed by atoms with E-state index in [2.05, 4.69) is 43.7 Å². The second-order valence-electron chi connectivity index (χ2n) is 6.11. The topological polar surface area (TPSA) is 54.0 Å². The summed E-state index contributed by atoms with van der Waals surface area (Å²) in [5.74, 6) is -0.101. The lowest BCUT2D eigenvalue weighted by atomic mass is 10.1. The first-order chi connectivity index (χ1) is 12.5. The van der Waals surface area contributed by atoms with Gasteiger partial charge in [-0.15, -0.1) is 11.3 Å². The smallest absolute Gasteiger partial charge is 0.245 e. The molecule has 0 unspecified atom stereocenters. The lowest BCUT2D eigenvalue weighted by Crippen LogP contribution is -2.22. The molecule has 134 valence electrons. The number of thiazole rings is 1. The summed E-state index contributed by atoms with van der Waals surface area (Å²) in [7, 11) is 0. The molecule has 1 amide bonds. The molecule has 0 saturated heterocycles. The lowest BCUT2D eigenvalue weighted by molar-refractivity contribution is -0.114. The van der Waals surface area contributed by atoms with E-state index in [1.165, 1.54) is 16.9 Å². The Labute approximate surface area is 165 Å². The Bertz CT molecular complexity index is 903. The third-order valence-electron chi connectivity index (χ3n) is 3.97. The number of nitrogens with zero attached hydrogens (tertiary/aromatic N) is 1. The van der Waals surface area contributed by atoms with Gasteiger partial charge in [-0.25, -0.2) is 4.98 Å². The third kappa shape index (κ3) is 4.93. The van der Waals surface area contributed by atoms with Gasteiger partial charge < -0.3 is 10.6 Å². The Morgan fingerprint density at radius 1 is 1.15 bits per heavy atom. The van der Waals surface area contributed by atoms with E-state index in [-0.39, 0.29) is 12.5 Å². The predicted molar refractivity (Wildman–Crippen MR) is 112 cm³/mol. The Kier molecular flexibility index (Phi) is 6.06. The van der Waals surface area contributed by atoms with E-state index < -0.39 is 0 Å². The second-order valence-corrected chi connectivity index (χ2v) is 8.14. The van der Waals surface area contributed by atoms with E-state index in [4.69, 9.17) is 0 Å². The first-order valence-corrected chi connectivity index (χ1v) is 9.91. The molecule has 1 aromatic heterocycles. The van der Waals surface area contributed by atoms with Crippen LogP contribution in [0.25, 0.3) is 0 Å². The first-order valence-electron chi connectivity index (χ1n) is 8.30. The third-order valence-corrected chi connectivity index (χ3v) is 5.38. The van der Waals surface area contributed by atoms with Crippen molar-refractivity contribution < 1.29 is 4.79 Å². The standard InChI is InChI=1S/C20H20BrN3OS/c1-13-5-3-6-14(2)19(13)22-12-18(25)24-20-23-11-17(26-20)10-15-7-4-8-16(21)9-15/h3-9,11,22H,10,12H2,1-2H3,(H,23,24,25). The summed E-state index contributed by atoms with van der Waals surface area (Å²) in [5.41, 5.74) is 4.47. The molecule has 0 bridgehead atoms. The number of para-hydroxylation sites is 1.